The Morgan fingerprint density at radius 3 is 3.00 bits per heavy atom. The maximum Gasteiger partial charge on any atom is 0.0625 e. The van der Waals surface area contributed by atoms with Gasteiger partial charge in [-0.05, 0) is 18.6 Å². The zero-order valence-corrected chi connectivity index (χ0v) is 6.49. The molecule has 0 bridgehead atoms. The van der Waals surface area contributed by atoms with Crippen LogP contribution >= 0.6 is 0 Å². The molecule has 0 radical (unpaired) electrons. The summed E-state index contributed by atoms with van der Waals surface area (Å²) in [5.74, 6) is 0. The smallest absolute Gasteiger partial charge is 0.0625 e. The molecule has 0 fully saturated rings. The van der Waals surface area contributed by atoms with Crippen LogP contribution in [0.3, 0.4) is 0 Å². The molecular weight excluding hydrogens is 140 g/mol. The molecule has 0 aromatic carbocycles. The minimum Gasteiger partial charge on any atom is -0.394 e. The van der Waals surface area contributed by atoms with E-state index in [1.807, 2.05) is 19.1 Å². The minimum absolute atomic E-state index is 0.0352. The van der Waals surface area contributed by atoms with Gasteiger partial charge < -0.3 is 10.8 Å². The van der Waals surface area contributed by atoms with Crippen LogP contribution in [0.1, 0.15) is 17.3 Å². The Morgan fingerprint density at radius 2 is 2.45 bits per heavy atom. The molecule has 0 amide bonds. The molecule has 60 valence electrons. The van der Waals surface area contributed by atoms with Crippen molar-refractivity contribution < 1.29 is 5.11 Å². The van der Waals surface area contributed by atoms with E-state index in [0.29, 0.717) is 0 Å². The van der Waals surface area contributed by atoms with Crippen LogP contribution in [0.2, 0.25) is 0 Å². The van der Waals surface area contributed by atoms with Crippen molar-refractivity contribution in [2.45, 2.75) is 13.0 Å². The second-order valence-corrected chi connectivity index (χ2v) is 2.47. The summed E-state index contributed by atoms with van der Waals surface area (Å²) in [5.41, 5.74) is 7.40. The lowest BCUT2D eigenvalue weighted by molar-refractivity contribution is 0.267. The van der Waals surface area contributed by atoms with E-state index in [1.54, 1.807) is 6.20 Å². The number of nitrogens with zero attached hydrogens (tertiary/aromatic N) is 1. The van der Waals surface area contributed by atoms with E-state index in [0.717, 1.165) is 11.3 Å². The monoisotopic (exact) mass is 152 g/mol. The van der Waals surface area contributed by atoms with Crippen LogP contribution < -0.4 is 5.73 Å². The average molecular weight is 152 g/mol. The van der Waals surface area contributed by atoms with E-state index in [9.17, 15) is 0 Å². The number of aryl methyl sites for hydroxylation is 1. The summed E-state index contributed by atoms with van der Waals surface area (Å²) in [6.45, 7) is 1.84. The van der Waals surface area contributed by atoms with Crippen molar-refractivity contribution in [3.63, 3.8) is 0 Å². The third kappa shape index (κ3) is 1.76. The number of pyridine rings is 1. The van der Waals surface area contributed by atoms with Gasteiger partial charge in [0, 0.05) is 11.9 Å². The number of aliphatic hydroxyl groups excluding tert-OH is 1. The van der Waals surface area contributed by atoms with Crippen LogP contribution in [0, 0.1) is 6.92 Å². The van der Waals surface area contributed by atoms with Crippen LogP contribution in [-0.2, 0) is 0 Å². The molecule has 0 aliphatic heterocycles. The Bertz CT molecular complexity index is 237. The van der Waals surface area contributed by atoms with Gasteiger partial charge >= 0.3 is 0 Å². The molecule has 3 N–H and O–H groups in total. The van der Waals surface area contributed by atoms with Crippen molar-refractivity contribution in [2.24, 2.45) is 5.73 Å². The van der Waals surface area contributed by atoms with Crippen LogP contribution in [0.25, 0.3) is 0 Å². The summed E-state index contributed by atoms with van der Waals surface area (Å²) in [6.07, 6.45) is 1.71. The van der Waals surface area contributed by atoms with E-state index in [2.05, 4.69) is 4.98 Å². The first kappa shape index (κ1) is 8.17. The number of nitrogens with two attached hydrogens (primary N) is 1. The van der Waals surface area contributed by atoms with E-state index in [-0.39, 0.29) is 12.6 Å². The molecule has 3 nitrogen and oxygen atoms in total. The van der Waals surface area contributed by atoms with E-state index < -0.39 is 0 Å². The molecule has 1 aromatic heterocycles. The first-order valence-corrected chi connectivity index (χ1v) is 3.53. The lowest BCUT2D eigenvalue weighted by Gasteiger charge is -2.09. The topological polar surface area (TPSA) is 59.1 Å². The second kappa shape index (κ2) is 3.46. The van der Waals surface area contributed by atoms with Gasteiger partial charge in [0.25, 0.3) is 0 Å². The Morgan fingerprint density at radius 1 is 1.73 bits per heavy atom. The predicted molar refractivity (Wildman–Crippen MR) is 43.0 cm³/mol. The van der Waals surface area contributed by atoms with E-state index >= 15 is 0 Å². The molecule has 1 atom stereocenters. The number of aliphatic hydroxyl groups is 1. The molecule has 11 heavy (non-hydrogen) atoms. The zero-order valence-electron chi connectivity index (χ0n) is 6.49. The molecule has 1 aromatic rings. The Kier molecular flexibility index (Phi) is 2.57. The van der Waals surface area contributed by atoms with E-state index in [4.69, 9.17) is 10.8 Å². The molecule has 0 aliphatic carbocycles. The minimum atomic E-state index is -0.302. The summed E-state index contributed by atoms with van der Waals surface area (Å²) < 4.78 is 0. The molecule has 3 heteroatoms. The molecule has 0 unspecified atom stereocenters. The van der Waals surface area contributed by atoms with Crippen LogP contribution in [0.4, 0.5) is 0 Å². The van der Waals surface area contributed by atoms with Crippen molar-refractivity contribution in [2.75, 3.05) is 6.61 Å². The number of hydrogen-bond acceptors (Lipinski definition) is 3. The standard InChI is InChI=1S/C8H12N2O/c1-6-7(8(9)5-11)3-2-4-10-6/h2-4,8,11H,5,9H2,1H3/t8-/m1/s1. The molecule has 0 aliphatic rings. The largest absolute Gasteiger partial charge is 0.394 e. The molecular formula is C8H12N2O. The number of rotatable bonds is 2. The highest BCUT2D eigenvalue weighted by atomic mass is 16.3. The first-order valence-electron chi connectivity index (χ1n) is 3.53. The average Bonchev–Trinajstić information content (AvgIpc) is 2.04. The van der Waals surface area contributed by atoms with Crippen molar-refractivity contribution >= 4 is 0 Å². The maximum atomic E-state index is 8.76. The van der Waals surface area contributed by atoms with Crippen molar-refractivity contribution in [1.29, 1.82) is 0 Å². The Balaban J connectivity index is 2.93. The molecule has 0 saturated carbocycles. The summed E-state index contributed by atoms with van der Waals surface area (Å²) in [6, 6.07) is 3.39. The quantitative estimate of drug-likeness (QED) is 0.644. The Hall–Kier alpha value is -0.930. The lowest BCUT2D eigenvalue weighted by Crippen LogP contribution is -2.16. The maximum absolute atomic E-state index is 8.76. The molecule has 1 heterocycles. The number of hydrogen-bond donors (Lipinski definition) is 2. The summed E-state index contributed by atoms with van der Waals surface area (Å²) >= 11 is 0. The van der Waals surface area contributed by atoms with Crippen molar-refractivity contribution in [1.82, 2.24) is 4.98 Å². The molecule has 1 rings (SSSR count). The second-order valence-electron chi connectivity index (χ2n) is 2.47. The highest BCUT2D eigenvalue weighted by Crippen LogP contribution is 2.11. The van der Waals surface area contributed by atoms with Crippen LogP contribution in [0.5, 0.6) is 0 Å². The molecule has 0 saturated heterocycles. The van der Waals surface area contributed by atoms with Gasteiger partial charge in [0.15, 0.2) is 0 Å². The summed E-state index contributed by atoms with van der Waals surface area (Å²) in [5, 5.41) is 8.76. The van der Waals surface area contributed by atoms with Gasteiger partial charge in [0.2, 0.25) is 0 Å². The fourth-order valence-electron chi connectivity index (χ4n) is 0.987. The number of aromatic nitrogens is 1. The van der Waals surface area contributed by atoms with Gasteiger partial charge in [-0.2, -0.15) is 0 Å². The molecule has 0 spiro atoms. The SMILES string of the molecule is Cc1ncccc1[C@H](N)CO. The van der Waals surface area contributed by atoms with Gasteiger partial charge in [-0.25, -0.2) is 0 Å². The van der Waals surface area contributed by atoms with Crippen molar-refractivity contribution in [3.8, 4) is 0 Å². The van der Waals surface area contributed by atoms with Crippen molar-refractivity contribution in [3.05, 3.63) is 29.6 Å². The predicted octanol–water partition coefficient (Wildman–Crippen LogP) is 0.382. The van der Waals surface area contributed by atoms with E-state index in [1.165, 1.54) is 0 Å². The summed E-state index contributed by atoms with van der Waals surface area (Å²) in [4.78, 5) is 4.06. The van der Waals surface area contributed by atoms with Gasteiger partial charge in [-0.1, -0.05) is 6.07 Å². The van der Waals surface area contributed by atoms with Gasteiger partial charge in [-0.3, -0.25) is 4.98 Å². The fraction of sp³-hybridized carbons (Fsp3) is 0.375. The first-order chi connectivity index (χ1) is 5.25. The lowest BCUT2D eigenvalue weighted by atomic mass is 10.1. The fourth-order valence-corrected chi connectivity index (χ4v) is 0.987. The third-order valence-corrected chi connectivity index (χ3v) is 1.64. The third-order valence-electron chi connectivity index (χ3n) is 1.64. The summed E-state index contributed by atoms with van der Waals surface area (Å²) in [7, 11) is 0. The van der Waals surface area contributed by atoms with Gasteiger partial charge in [0.1, 0.15) is 0 Å². The van der Waals surface area contributed by atoms with Crippen LogP contribution in [0.15, 0.2) is 18.3 Å². The Labute approximate surface area is 65.9 Å². The highest BCUT2D eigenvalue weighted by Gasteiger charge is 2.06. The zero-order chi connectivity index (χ0) is 8.27. The highest BCUT2D eigenvalue weighted by molar-refractivity contribution is 5.21. The normalized spacial score (nSPS) is 13.0. The van der Waals surface area contributed by atoms with Gasteiger partial charge in [0.05, 0.1) is 12.6 Å². The van der Waals surface area contributed by atoms with Crippen LogP contribution in [-0.4, -0.2) is 16.7 Å². The van der Waals surface area contributed by atoms with Gasteiger partial charge in [-0.15, -0.1) is 0 Å².